The molecule has 0 unspecified atom stereocenters. The van der Waals surface area contributed by atoms with Gasteiger partial charge in [-0.25, -0.2) is 0 Å². The van der Waals surface area contributed by atoms with Crippen molar-refractivity contribution in [3.05, 3.63) is 29.6 Å². The molecule has 0 fully saturated rings. The molecule has 5 heteroatoms. The van der Waals surface area contributed by atoms with Gasteiger partial charge in [0.1, 0.15) is 0 Å². The number of aryl methyl sites for hydroxylation is 1. The fourth-order valence-corrected chi connectivity index (χ4v) is 1.29. The number of carbonyl (C=O) groups excluding carboxylic acids is 1. The molecule has 0 bridgehead atoms. The Labute approximate surface area is 99.9 Å². The lowest BCUT2D eigenvalue weighted by Crippen LogP contribution is -2.22. The summed E-state index contributed by atoms with van der Waals surface area (Å²) in [5, 5.41) is 11.1. The van der Waals surface area contributed by atoms with Crippen LogP contribution in [-0.4, -0.2) is 22.0 Å². The summed E-state index contributed by atoms with van der Waals surface area (Å²) in [6, 6.07) is 3.78. The summed E-state index contributed by atoms with van der Waals surface area (Å²) in [6.45, 7) is 2.33. The SMILES string of the molecule is Cc1ccc(CNC(=O)CCCC(=O)O)cn1. The molecule has 0 aliphatic carbocycles. The van der Waals surface area contributed by atoms with Crippen LogP contribution in [0, 0.1) is 6.92 Å². The Morgan fingerprint density at radius 2 is 2.12 bits per heavy atom. The number of nitrogens with zero attached hydrogens (tertiary/aromatic N) is 1. The minimum atomic E-state index is -0.875. The van der Waals surface area contributed by atoms with Crippen molar-refractivity contribution in [3.63, 3.8) is 0 Å². The fourth-order valence-electron chi connectivity index (χ4n) is 1.29. The average Bonchev–Trinajstić information content (AvgIpc) is 2.28. The highest BCUT2D eigenvalue weighted by atomic mass is 16.4. The first-order chi connectivity index (χ1) is 8.08. The van der Waals surface area contributed by atoms with E-state index in [-0.39, 0.29) is 18.7 Å². The topological polar surface area (TPSA) is 79.3 Å². The van der Waals surface area contributed by atoms with Gasteiger partial charge in [-0.15, -0.1) is 0 Å². The molecule has 0 aromatic carbocycles. The number of aromatic nitrogens is 1. The molecule has 92 valence electrons. The van der Waals surface area contributed by atoms with E-state index in [4.69, 9.17) is 5.11 Å². The second-order valence-corrected chi connectivity index (χ2v) is 3.83. The van der Waals surface area contributed by atoms with Crippen molar-refractivity contribution in [2.24, 2.45) is 0 Å². The van der Waals surface area contributed by atoms with Crippen LogP contribution in [0.3, 0.4) is 0 Å². The van der Waals surface area contributed by atoms with E-state index < -0.39 is 5.97 Å². The molecular formula is C12H16N2O3. The van der Waals surface area contributed by atoms with Crippen LogP contribution in [0.15, 0.2) is 18.3 Å². The minimum Gasteiger partial charge on any atom is -0.481 e. The van der Waals surface area contributed by atoms with E-state index in [1.54, 1.807) is 6.20 Å². The second-order valence-electron chi connectivity index (χ2n) is 3.83. The Hall–Kier alpha value is -1.91. The third-order valence-corrected chi connectivity index (χ3v) is 2.26. The maximum absolute atomic E-state index is 11.3. The van der Waals surface area contributed by atoms with Crippen molar-refractivity contribution in [3.8, 4) is 0 Å². The first-order valence-corrected chi connectivity index (χ1v) is 5.48. The lowest BCUT2D eigenvalue weighted by atomic mass is 10.2. The largest absolute Gasteiger partial charge is 0.481 e. The molecule has 1 amide bonds. The van der Waals surface area contributed by atoms with Gasteiger partial charge in [-0.05, 0) is 25.0 Å². The molecule has 1 heterocycles. The Morgan fingerprint density at radius 3 is 2.71 bits per heavy atom. The molecule has 2 N–H and O–H groups in total. The Kier molecular flexibility index (Phi) is 5.13. The van der Waals surface area contributed by atoms with E-state index in [0.29, 0.717) is 13.0 Å². The van der Waals surface area contributed by atoms with Crippen molar-refractivity contribution in [2.45, 2.75) is 32.7 Å². The molecule has 5 nitrogen and oxygen atoms in total. The number of pyridine rings is 1. The summed E-state index contributed by atoms with van der Waals surface area (Å²) in [6.07, 6.45) is 2.35. The molecule has 0 spiro atoms. The van der Waals surface area contributed by atoms with Gasteiger partial charge in [0.25, 0.3) is 0 Å². The molecule has 1 rings (SSSR count). The number of hydrogen-bond donors (Lipinski definition) is 2. The van der Waals surface area contributed by atoms with Crippen LogP contribution in [-0.2, 0) is 16.1 Å². The summed E-state index contributed by atoms with van der Waals surface area (Å²) >= 11 is 0. The van der Waals surface area contributed by atoms with Gasteiger partial charge in [-0.3, -0.25) is 14.6 Å². The highest BCUT2D eigenvalue weighted by molar-refractivity contribution is 5.76. The van der Waals surface area contributed by atoms with Gasteiger partial charge in [0.15, 0.2) is 0 Å². The lowest BCUT2D eigenvalue weighted by molar-refractivity contribution is -0.137. The molecule has 0 saturated carbocycles. The molecule has 17 heavy (non-hydrogen) atoms. The highest BCUT2D eigenvalue weighted by Crippen LogP contribution is 2.00. The van der Waals surface area contributed by atoms with E-state index in [9.17, 15) is 9.59 Å². The zero-order chi connectivity index (χ0) is 12.7. The third-order valence-electron chi connectivity index (χ3n) is 2.26. The maximum Gasteiger partial charge on any atom is 0.303 e. The molecule has 1 aromatic rings. The van der Waals surface area contributed by atoms with Gasteiger partial charge >= 0.3 is 5.97 Å². The molecule has 0 saturated heterocycles. The second kappa shape index (κ2) is 6.62. The fraction of sp³-hybridized carbons (Fsp3) is 0.417. The molecule has 1 aromatic heterocycles. The van der Waals surface area contributed by atoms with E-state index in [1.165, 1.54) is 0 Å². The number of carboxylic acid groups (broad SMARTS) is 1. The first-order valence-electron chi connectivity index (χ1n) is 5.48. The van der Waals surface area contributed by atoms with E-state index in [2.05, 4.69) is 10.3 Å². The Balaban J connectivity index is 2.23. The molecule has 0 radical (unpaired) electrons. The number of amides is 1. The number of carbonyl (C=O) groups is 2. The van der Waals surface area contributed by atoms with E-state index in [1.807, 2.05) is 19.1 Å². The highest BCUT2D eigenvalue weighted by Gasteiger charge is 2.03. The Bertz CT molecular complexity index is 387. The number of carboxylic acids is 1. The van der Waals surface area contributed by atoms with Gasteiger partial charge in [-0.1, -0.05) is 6.07 Å². The Morgan fingerprint density at radius 1 is 1.35 bits per heavy atom. The lowest BCUT2D eigenvalue weighted by Gasteiger charge is -2.04. The quantitative estimate of drug-likeness (QED) is 0.779. The van der Waals surface area contributed by atoms with Crippen molar-refractivity contribution < 1.29 is 14.7 Å². The van der Waals surface area contributed by atoms with Gasteiger partial charge in [0.2, 0.25) is 5.91 Å². The summed E-state index contributed by atoms with van der Waals surface area (Å²) in [7, 11) is 0. The summed E-state index contributed by atoms with van der Waals surface area (Å²) in [5.41, 5.74) is 1.86. The van der Waals surface area contributed by atoms with Gasteiger partial charge in [-0.2, -0.15) is 0 Å². The van der Waals surface area contributed by atoms with Crippen LogP contribution < -0.4 is 5.32 Å². The van der Waals surface area contributed by atoms with Crippen LogP contribution >= 0.6 is 0 Å². The molecule has 0 atom stereocenters. The standard InChI is InChI=1S/C12H16N2O3/c1-9-5-6-10(7-13-9)8-14-11(15)3-2-4-12(16)17/h5-7H,2-4,8H2,1H3,(H,14,15)(H,16,17). The van der Waals surface area contributed by atoms with Crippen molar-refractivity contribution in [1.82, 2.24) is 10.3 Å². The summed E-state index contributed by atoms with van der Waals surface area (Å²) in [5.74, 6) is -1.01. The predicted molar refractivity (Wildman–Crippen MR) is 62.3 cm³/mol. The normalized spacial score (nSPS) is 9.94. The summed E-state index contributed by atoms with van der Waals surface area (Å²) in [4.78, 5) is 25.7. The van der Waals surface area contributed by atoms with E-state index in [0.717, 1.165) is 11.3 Å². The number of nitrogens with one attached hydrogen (secondary N) is 1. The number of aliphatic carboxylic acids is 1. The van der Waals surface area contributed by atoms with Crippen molar-refractivity contribution in [2.75, 3.05) is 0 Å². The van der Waals surface area contributed by atoms with Gasteiger partial charge in [0.05, 0.1) is 0 Å². The molecule has 0 aliphatic heterocycles. The zero-order valence-corrected chi connectivity index (χ0v) is 9.77. The third kappa shape index (κ3) is 5.65. The van der Waals surface area contributed by atoms with Gasteiger partial charge < -0.3 is 10.4 Å². The minimum absolute atomic E-state index is 0.0273. The molecular weight excluding hydrogens is 220 g/mol. The number of hydrogen-bond acceptors (Lipinski definition) is 3. The van der Waals surface area contributed by atoms with Gasteiger partial charge in [0, 0.05) is 31.3 Å². The smallest absolute Gasteiger partial charge is 0.303 e. The monoisotopic (exact) mass is 236 g/mol. The average molecular weight is 236 g/mol. The summed E-state index contributed by atoms with van der Waals surface area (Å²) < 4.78 is 0. The first kappa shape index (κ1) is 13.2. The van der Waals surface area contributed by atoms with Crippen LogP contribution in [0.25, 0.3) is 0 Å². The van der Waals surface area contributed by atoms with E-state index >= 15 is 0 Å². The van der Waals surface area contributed by atoms with Crippen LogP contribution in [0.2, 0.25) is 0 Å². The van der Waals surface area contributed by atoms with Crippen LogP contribution in [0.4, 0.5) is 0 Å². The van der Waals surface area contributed by atoms with Crippen molar-refractivity contribution >= 4 is 11.9 Å². The maximum atomic E-state index is 11.3. The van der Waals surface area contributed by atoms with Crippen molar-refractivity contribution in [1.29, 1.82) is 0 Å². The van der Waals surface area contributed by atoms with Crippen LogP contribution in [0.5, 0.6) is 0 Å². The van der Waals surface area contributed by atoms with Crippen LogP contribution in [0.1, 0.15) is 30.5 Å². The number of rotatable bonds is 6. The predicted octanol–water partition coefficient (Wildman–Crippen LogP) is 1.26. The molecule has 0 aliphatic rings. The zero-order valence-electron chi connectivity index (χ0n) is 9.77.